The molecule has 1 heterocycles. The largest absolute Gasteiger partial charge is 0.492 e. The third-order valence-corrected chi connectivity index (χ3v) is 3.00. The van der Waals surface area contributed by atoms with Crippen LogP contribution < -0.4 is 10.3 Å². The molecule has 0 aliphatic carbocycles. The van der Waals surface area contributed by atoms with Gasteiger partial charge in [0.25, 0.3) is 5.56 Å². The van der Waals surface area contributed by atoms with Gasteiger partial charge in [0.05, 0.1) is 12.2 Å². The molecule has 0 saturated heterocycles. The second kappa shape index (κ2) is 6.71. The van der Waals surface area contributed by atoms with Crippen molar-refractivity contribution in [1.29, 1.82) is 5.26 Å². The van der Waals surface area contributed by atoms with Crippen molar-refractivity contribution in [1.82, 2.24) is 9.97 Å². The molecule has 0 bridgehead atoms. The highest BCUT2D eigenvalue weighted by molar-refractivity contribution is 5.61. The summed E-state index contributed by atoms with van der Waals surface area (Å²) >= 11 is 0. The van der Waals surface area contributed by atoms with Crippen molar-refractivity contribution < 1.29 is 4.74 Å². The normalized spacial score (nSPS) is 10.4. The van der Waals surface area contributed by atoms with Crippen LogP contribution in [0.4, 0.5) is 0 Å². The molecule has 5 nitrogen and oxygen atoms in total. The molecule has 1 aromatic carbocycles. The van der Waals surface area contributed by atoms with Crippen LogP contribution in [0, 0.1) is 17.2 Å². The molecule has 0 radical (unpaired) electrons. The van der Waals surface area contributed by atoms with Gasteiger partial charge in [-0.2, -0.15) is 5.26 Å². The fourth-order valence-corrected chi connectivity index (χ4v) is 1.81. The van der Waals surface area contributed by atoms with E-state index in [1.807, 2.05) is 0 Å². The molecule has 5 heteroatoms. The van der Waals surface area contributed by atoms with Crippen molar-refractivity contribution in [3.05, 3.63) is 46.4 Å². The van der Waals surface area contributed by atoms with Gasteiger partial charge in [-0.25, -0.2) is 4.98 Å². The number of nitrogens with one attached hydrogen (secondary N) is 1. The molecular weight excluding hydrogens is 266 g/mol. The quantitative estimate of drug-likeness (QED) is 0.915. The third kappa shape index (κ3) is 3.93. The lowest BCUT2D eigenvalue weighted by Crippen LogP contribution is -2.06. The summed E-state index contributed by atoms with van der Waals surface area (Å²) in [6.45, 7) is 4.82. The molecule has 0 unspecified atom stereocenters. The van der Waals surface area contributed by atoms with Crippen molar-refractivity contribution >= 4 is 0 Å². The number of nitrogens with zero attached hydrogens (tertiary/aromatic N) is 2. The molecule has 1 N–H and O–H groups in total. The maximum absolute atomic E-state index is 11.3. The fourth-order valence-electron chi connectivity index (χ4n) is 1.81. The smallest absolute Gasteiger partial charge is 0.251 e. The fraction of sp³-hybridized carbons (Fsp3) is 0.312. The number of ether oxygens (including phenoxy) is 1. The Morgan fingerprint density at radius 1 is 1.38 bits per heavy atom. The summed E-state index contributed by atoms with van der Waals surface area (Å²) in [4.78, 5) is 18.0. The number of H-pyrrole nitrogens is 1. The van der Waals surface area contributed by atoms with Crippen LogP contribution in [-0.2, 0) is 0 Å². The van der Waals surface area contributed by atoms with Crippen molar-refractivity contribution in [3.63, 3.8) is 0 Å². The van der Waals surface area contributed by atoms with E-state index < -0.39 is 0 Å². The monoisotopic (exact) mass is 283 g/mol. The van der Waals surface area contributed by atoms with Crippen LogP contribution >= 0.6 is 0 Å². The zero-order chi connectivity index (χ0) is 15.2. The van der Waals surface area contributed by atoms with Gasteiger partial charge in [0.1, 0.15) is 17.6 Å². The zero-order valence-electron chi connectivity index (χ0n) is 12.1. The van der Waals surface area contributed by atoms with Crippen LogP contribution in [0.25, 0.3) is 11.4 Å². The summed E-state index contributed by atoms with van der Waals surface area (Å²) in [6, 6.07) is 8.65. The summed E-state index contributed by atoms with van der Waals surface area (Å²) in [6.07, 6.45) is 2.37. The van der Waals surface area contributed by atoms with E-state index in [9.17, 15) is 10.1 Å². The van der Waals surface area contributed by atoms with E-state index in [1.165, 1.54) is 12.3 Å². The molecule has 0 atom stereocenters. The Bertz CT molecular complexity index is 714. The van der Waals surface area contributed by atoms with Crippen LogP contribution in [0.3, 0.4) is 0 Å². The highest BCUT2D eigenvalue weighted by Crippen LogP contribution is 2.24. The predicted molar refractivity (Wildman–Crippen MR) is 80.0 cm³/mol. The predicted octanol–water partition coefficient (Wildman–Crippen LogP) is 2.73. The minimum Gasteiger partial charge on any atom is -0.492 e. The number of hydrogen-bond acceptors (Lipinski definition) is 4. The minimum atomic E-state index is -0.226. The molecule has 0 spiro atoms. The van der Waals surface area contributed by atoms with Crippen LogP contribution in [0.15, 0.2) is 35.3 Å². The highest BCUT2D eigenvalue weighted by Gasteiger charge is 2.08. The van der Waals surface area contributed by atoms with Crippen LogP contribution in [0.1, 0.15) is 25.8 Å². The Morgan fingerprint density at radius 3 is 2.86 bits per heavy atom. The Labute approximate surface area is 123 Å². The summed E-state index contributed by atoms with van der Waals surface area (Å²) in [5, 5.41) is 9.23. The van der Waals surface area contributed by atoms with E-state index in [-0.39, 0.29) is 5.56 Å². The zero-order valence-corrected chi connectivity index (χ0v) is 12.1. The molecule has 0 saturated carbocycles. The number of rotatable bonds is 5. The van der Waals surface area contributed by atoms with Gasteiger partial charge in [0.15, 0.2) is 0 Å². The number of aromatic nitrogens is 2. The first-order chi connectivity index (χ1) is 10.1. The summed E-state index contributed by atoms with van der Waals surface area (Å²) in [7, 11) is 0. The first-order valence-corrected chi connectivity index (χ1v) is 6.83. The van der Waals surface area contributed by atoms with Crippen molar-refractivity contribution in [2.75, 3.05) is 6.61 Å². The lowest BCUT2D eigenvalue weighted by Gasteiger charge is -2.10. The van der Waals surface area contributed by atoms with Crippen molar-refractivity contribution in [2.24, 2.45) is 5.92 Å². The van der Waals surface area contributed by atoms with Gasteiger partial charge in [0.2, 0.25) is 0 Å². The van der Waals surface area contributed by atoms with Gasteiger partial charge < -0.3 is 9.72 Å². The van der Waals surface area contributed by atoms with Gasteiger partial charge in [-0.1, -0.05) is 13.8 Å². The molecule has 0 amide bonds. The van der Waals surface area contributed by atoms with Gasteiger partial charge in [-0.15, -0.1) is 0 Å². The highest BCUT2D eigenvalue weighted by atomic mass is 16.5. The Balaban J connectivity index is 2.24. The first kappa shape index (κ1) is 14.8. The lowest BCUT2D eigenvalue weighted by atomic mass is 10.1. The van der Waals surface area contributed by atoms with Gasteiger partial charge in [-0.3, -0.25) is 4.79 Å². The van der Waals surface area contributed by atoms with E-state index in [0.717, 1.165) is 6.42 Å². The summed E-state index contributed by atoms with van der Waals surface area (Å²) < 4.78 is 5.64. The van der Waals surface area contributed by atoms with E-state index in [0.29, 0.717) is 35.2 Å². The van der Waals surface area contributed by atoms with Crippen LogP contribution in [0.2, 0.25) is 0 Å². The topological polar surface area (TPSA) is 78.8 Å². The van der Waals surface area contributed by atoms with E-state index in [4.69, 9.17) is 4.74 Å². The molecule has 0 fully saturated rings. The second-order valence-corrected chi connectivity index (χ2v) is 5.14. The molecule has 108 valence electrons. The minimum absolute atomic E-state index is 0.226. The number of hydrogen-bond donors (Lipinski definition) is 1. The third-order valence-electron chi connectivity index (χ3n) is 3.00. The SMILES string of the molecule is CC(C)CCOc1ccc(-c2nccc(=O)[nH]2)cc1C#N. The molecule has 1 aromatic heterocycles. The molecule has 2 rings (SSSR count). The average Bonchev–Trinajstić information content (AvgIpc) is 2.47. The molecule has 0 aliphatic heterocycles. The second-order valence-electron chi connectivity index (χ2n) is 5.14. The molecule has 0 aliphatic rings. The molecule has 21 heavy (non-hydrogen) atoms. The van der Waals surface area contributed by atoms with Crippen molar-refractivity contribution in [3.8, 4) is 23.2 Å². The lowest BCUT2D eigenvalue weighted by molar-refractivity contribution is 0.289. The van der Waals surface area contributed by atoms with Gasteiger partial charge in [-0.05, 0) is 30.5 Å². The Kier molecular flexibility index (Phi) is 4.72. The van der Waals surface area contributed by atoms with E-state index in [1.54, 1.807) is 18.2 Å². The standard InChI is InChI=1S/C16H17N3O2/c1-11(2)6-8-21-14-4-3-12(9-13(14)10-17)16-18-7-5-15(20)19-16/h3-5,7,9,11H,6,8H2,1-2H3,(H,18,19,20). The van der Waals surface area contributed by atoms with E-state index in [2.05, 4.69) is 29.9 Å². The number of nitriles is 1. The van der Waals surface area contributed by atoms with Gasteiger partial charge in [0, 0.05) is 17.8 Å². The molecular formula is C16H17N3O2. The van der Waals surface area contributed by atoms with Crippen LogP contribution in [0.5, 0.6) is 5.75 Å². The summed E-state index contributed by atoms with van der Waals surface area (Å²) in [5.41, 5.74) is 0.888. The number of benzene rings is 1. The first-order valence-electron chi connectivity index (χ1n) is 6.83. The maximum atomic E-state index is 11.3. The maximum Gasteiger partial charge on any atom is 0.251 e. The van der Waals surface area contributed by atoms with E-state index >= 15 is 0 Å². The number of aromatic amines is 1. The van der Waals surface area contributed by atoms with Crippen LogP contribution in [-0.4, -0.2) is 16.6 Å². The average molecular weight is 283 g/mol. The summed E-state index contributed by atoms with van der Waals surface area (Å²) in [5.74, 6) is 1.54. The Morgan fingerprint density at radius 2 is 2.19 bits per heavy atom. The molecule has 2 aromatic rings. The Hall–Kier alpha value is -2.61. The van der Waals surface area contributed by atoms with Crippen molar-refractivity contribution in [2.45, 2.75) is 20.3 Å². The van der Waals surface area contributed by atoms with Gasteiger partial charge >= 0.3 is 0 Å².